The molecule has 1 aromatic carbocycles. The SMILES string of the molecule is O=C(O)CCc1cccc2sc(C3CC3)nc12. The third-order valence-corrected chi connectivity index (χ3v) is 4.24. The van der Waals surface area contributed by atoms with Crippen molar-refractivity contribution >= 4 is 27.5 Å². The molecule has 0 bridgehead atoms. The molecule has 0 unspecified atom stereocenters. The lowest BCUT2D eigenvalue weighted by molar-refractivity contribution is -0.136. The highest BCUT2D eigenvalue weighted by atomic mass is 32.1. The van der Waals surface area contributed by atoms with Gasteiger partial charge in [0, 0.05) is 12.3 Å². The van der Waals surface area contributed by atoms with Crippen molar-refractivity contribution in [3.63, 3.8) is 0 Å². The molecule has 0 spiro atoms. The number of hydrogen-bond donors (Lipinski definition) is 1. The van der Waals surface area contributed by atoms with Gasteiger partial charge in [-0.05, 0) is 30.9 Å². The number of carbonyl (C=O) groups is 1. The quantitative estimate of drug-likeness (QED) is 0.902. The maximum Gasteiger partial charge on any atom is 0.303 e. The summed E-state index contributed by atoms with van der Waals surface area (Å²) in [5, 5.41) is 9.96. The second-order valence-corrected chi connectivity index (χ2v) is 5.55. The molecule has 1 saturated carbocycles. The van der Waals surface area contributed by atoms with Gasteiger partial charge in [-0.2, -0.15) is 0 Å². The first-order valence-electron chi connectivity index (χ1n) is 5.84. The van der Waals surface area contributed by atoms with Gasteiger partial charge >= 0.3 is 5.97 Å². The van der Waals surface area contributed by atoms with Gasteiger partial charge in [0.2, 0.25) is 0 Å². The minimum Gasteiger partial charge on any atom is -0.481 e. The third kappa shape index (κ3) is 2.17. The van der Waals surface area contributed by atoms with E-state index in [1.165, 1.54) is 22.5 Å². The lowest BCUT2D eigenvalue weighted by Gasteiger charge is -1.99. The molecule has 17 heavy (non-hydrogen) atoms. The predicted molar refractivity (Wildman–Crippen MR) is 67.6 cm³/mol. The van der Waals surface area contributed by atoms with Crippen LogP contribution in [0.3, 0.4) is 0 Å². The molecular formula is C13H13NO2S. The maximum atomic E-state index is 10.6. The number of aliphatic carboxylic acids is 1. The Morgan fingerprint density at radius 1 is 1.47 bits per heavy atom. The van der Waals surface area contributed by atoms with E-state index >= 15 is 0 Å². The second kappa shape index (κ2) is 4.11. The first kappa shape index (κ1) is 10.7. The summed E-state index contributed by atoms with van der Waals surface area (Å²) in [7, 11) is 0. The van der Waals surface area contributed by atoms with Crippen molar-refractivity contribution in [2.75, 3.05) is 0 Å². The van der Waals surface area contributed by atoms with Crippen LogP contribution in [0.4, 0.5) is 0 Å². The van der Waals surface area contributed by atoms with E-state index in [4.69, 9.17) is 5.11 Å². The highest BCUT2D eigenvalue weighted by molar-refractivity contribution is 7.18. The van der Waals surface area contributed by atoms with E-state index in [2.05, 4.69) is 11.1 Å². The molecular weight excluding hydrogens is 234 g/mol. The van der Waals surface area contributed by atoms with Gasteiger partial charge in [0.25, 0.3) is 0 Å². The molecule has 0 radical (unpaired) electrons. The van der Waals surface area contributed by atoms with E-state index in [1.54, 1.807) is 11.3 Å². The molecule has 1 heterocycles. The summed E-state index contributed by atoms with van der Waals surface area (Å²) >= 11 is 1.76. The fourth-order valence-corrected chi connectivity index (χ4v) is 3.16. The number of aromatic nitrogens is 1. The molecule has 1 aromatic heterocycles. The van der Waals surface area contributed by atoms with Crippen LogP contribution in [-0.4, -0.2) is 16.1 Å². The average Bonchev–Trinajstić information content (AvgIpc) is 3.06. The van der Waals surface area contributed by atoms with Gasteiger partial charge in [-0.25, -0.2) is 4.98 Å². The zero-order valence-electron chi connectivity index (χ0n) is 9.35. The minimum atomic E-state index is -0.750. The van der Waals surface area contributed by atoms with Crippen LogP contribution in [-0.2, 0) is 11.2 Å². The second-order valence-electron chi connectivity index (χ2n) is 4.48. The molecule has 1 fully saturated rings. The van der Waals surface area contributed by atoms with Gasteiger partial charge in [-0.3, -0.25) is 4.79 Å². The highest BCUT2D eigenvalue weighted by Gasteiger charge is 2.27. The Kier molecular flexibility index (Phi) is 2.59. The minimum absolute atomic E-state index is 0.176. The Labute approximate surface area is 103 Å². The van der Waals surface area contributed by atoms with E-state index in [-0.39, 0.29) is 6.42 Å². The molecule has 0 saturated heterocycles. The summed E-state index contributed by atoms with van der Waals surface area (Å²) in [4.78, 5) is 15.3. The number of carboxylic acid groups (broad SMARTS) is 1. The number of hydrogen-bond acceptors (Lipinski definition) is 3. The Bertz CT molecular complexity index is 572. The van der Waals surface area contributed by atoms with Gasteiger partial charge < -0.3 is 5.11 Å². The third-order valence-electron chi connectivity index (χ3n) is 3.05. The Hall–Kier alpha value is -1.42. The number of para-hydroxylation sites is 1. The van der Waals surface area contributed by atoms with Crippen molar-refractivity contribution in [3.05, 3.63) is 28.8 Å². The standard InChI is InChI=1S/C13H13NO2S/c15-11(16)7-6-8-2-1-3-10-12(8)14-13(17-10)9-4-5-9/h1-3,9H,4-7H2,(H,15,16). The number of carboxylic acids is 1. The van der Waals surface area contributed by atoms with Crippen LogP contribution in [0, 0.1) is 0 Å². The summed E-state index contributed by atoms with van der Waals surface area (Å²) in [6.45, 7) is 0. The van der Waals surface area contributed by atoms with Crippen LogP contribution in [0.1, 0.15) is 35.8 Å². The van der Waals surface area contributed by atoms with Crippen LogP contribution in [0.15, 0.2) is 18.2 Å². The predicted octanol–water partition coefficient (Wildman–Crippen LogP) is 3.19. The van der Waals surface area contributed by atoms with Gasteiger partial charge in [-0.15, -0.1) is 11.3 Å². The Balaban J connectivity index is 1.96. The van der Waals surface area contributed by atoms with Crippen molar-refractivity contribution in [3.8, 4) is 0 Å². The van der Waals surface area contributed by atoms with E-state index in [0.717, 1.165) is 11.1 Å². The van der Waals surface area contributed by atoms with Gasteiger partial charge in [-0.1, -0.05) is 12.1 Å². The first-order chi connectivity index (χ1) is 8.24. The monoisotopic (exact) mass is 247 g/mol. The number of benzene rings is 1. The summed E-state index contributed by atoms with van der Waals surface area (Å²) in [5.41, 5.74) is 2.08. The van der Waals surface area contributed by atoms with E-state index in [0.29, 0.717) is 12.3 Å². The Morgan fingerprint density at radius 3 is 3.00 bits per heavy atom. The summed E-state index contributed by atoms with van der Waals surface area (Å²) in [6, 6.07) is 6.05. The van der Waals surface area contributed by atoms with Crippen LogP contribution in [0.5, 0.6) is 0 Å². The van der Waals surface area contributed by atoms with Gasteiger partial charge in [0.15, 0.2) is 0 Å². The number of rotatable bonds is 4. The number of aryl methyl sites for hydroxylation is 1. The number of thiazole rings is 1. The lowest BCUT2D eigenvalue weighted by atomic mass is 10.1. The van der Waals surface area contributed by atoms with Crippen molar-refractivity contribution in [2.45, 2.75) is 31.6 Å². The molecule has 88 valence electrons. The van der Waals surface area contributed by atoms with Crippen LogP contribution >= 0.6 is 11.3 Å². The topological polar surface area (TPSA) is 50.2 Å². The fraction of sp³-hybridized carbons (Fsp3) is 0.385. The zero-order chi connectivity index (χ0) is 11.8. The van der Waals surface area contributed by atoms with Crippen molar-refractivity contribution in [2.24, 2.45) is 0 Å². The highest BCUT2D eigenvalue weighted by Crippen LogP contribution is 2.43. The van der Waals surface area contributed by atoms with Crippen molar-refractivity contribution < 1.29 is 9.90 Å². The van der Waals surface area contributed by atoms with Crippen LogP contribution in [0.2, 0.25) is 0 Å². The van der Waals surface area contributed by atoms with Gasteiger partial charge in [0.1, 0.15) is 0 Å². The smallest absolute Gasteiger partial charge is 0.303 e. The van der Waals surface area contributed by atoms with Crippen LogP contribution in [0.25, 0.3) is 10.2 Å². The molecule has 1 aliphatic carbocycles. The molecule has 3 nitrogen and oxygen atoms in total. The van der Waals surface area contributed by atoms with E-state index in [1.807, 2.05) is 12.1 Å². The van der Waals surface area contributed by atoms with E-state index < -0.39 is 5.97 Å². The summed E-state index contributed by atoms with van der Waals surface area (Å²) in [6.07, 6.45) is 3.25. The molecule has 4 heteroatoms. The molecule has 1 N–H and O–H groups in total. The van der Waals surface area contributed by atoms with E-state index in [9.17, 15) is 4.79 Å². The van der Waals surface area contributed by atoms with Gasteiger partial charge in [0.05, 0.1) is 15.2 Å². The molecule has 0 aliphatic heterocycles. The Morgan fingerprint density at radius 2 is 2.29 bits per heavy atom. The number of fused-ring (bicyclic) bond motifs is 1. The molecule has 1 aliphatic rings. The maximum absolute atomic E-state index is 10.6. The molecule has 3 rings (SSSR count). The average molecular weight is 247 g/mol. The van der Waals surface area contributed by atoms with Crippen LogP contribution < -0.4 is 0 Å². The lowest BCUT2D eigenvalue weighted by Crippen LogP contribution is -1.97. The van der Waals surface area contributed by atoms with Crippen molar-refractivity contribution in [1.29, 1.82) is 0 Å². The zero-order valence-corrected chi connectivity index (χ0v) is 10.2. The molecule has 0 amide bonds. The summed E-state index contributed by atoms with van der Waals surface area (Å²) in [5.74, 6) is -0.0839. The normalized spacial score (nSPS) is 15.3. The van der Waals surface area contributed by atoms with Crippen molar-refractivity contribution in [1.82, 2.24) is 4.98 Å². The largest absolute Gasteiger partial charge is 0.481 e. The molecule has 2 aromatic rings. The fourth-order valence-electron chi connectivity index (χ4n) is 1.97. The molecule has 0 atom stereocenters. The summed E-state index contributed by atoms with van der Waals surface area (Å²) < 4.78 is 1.19. The first-order valence-corrected chi connectivity index (χ1v) is 6.66. The number of nitrogens with zero attached hydrogens (tertiary/aromatic N) is 1.